The predicted molar refractivity (Wildman–Crippen MR) is 57.6 cm³/mol. The number of anilines is 1. The van der Waals surface area contributed by atoms with Crippen LogP contribution in [0.1, 0.15) is 0 Å². The first-order valence-electron chi connectivity index (χ1n) is 4.58. The van der Waals surface area contributed by atoms with Gasteiger partial charge in [0.15, 0.2) is 17.3 Å². The molecular formula is C9H8N6O. The molecule has 4 N–H and O–H groups in total. The van der Waals surface area contributed by atoms with Gasteiger partial charge in [0.2, 0.25) is 0 Å². The number of benzene rings is 1. The number of hydrogen-bond donors (Lipinski definition) is 2. The van der Waals surface area contributed by atoms with Gasteiger partial charge in [-0.15, -0.1) is 0 Å². The van der Waals surface area contributed by atoms with Crippen LogP contribution in [0.25, 0.3) is 22.6 Å². The molecule has 0 amide bonds. The van der Waals surface area contributed by atoms with Crippen molar-refractivity contribution in [2.75, 3.05) is 11.6 Å². The minimum Gasteiger partial charge on any atom is -0.379 e. The van der Waals surface area contributed by atoms with Gasteiger partial charge in [-0.3, -0.25) is 0 Å². The molecule has 0 bridgehead atoms. The van der Waals surface area contributed by atoms with Gasteiger partial charge in [-0.2, -0.15) is 0 Å². The van der Waals surface area contributed by atoms with Crippen molar-refractivity contribution in [1.82, 2.24) is 20.0 Å². The van der Waals surface area contributed by atoms with Gasteiger partial charge in [-0.05, 0) is 22.4 Å². The van der Waals surface area contributed by atoms with E-state index in [1.165, 1.54) is 4.68 Å². The first-order chi connectivity index (χ1) is 7.77. The van der Waals surface area contributed by atoms with Crippen LogP contribution in [0.3, 0.4) is 0 Å². The lowest BCUT2D eigenvalue weighted by atomic mass is 10.3. The summed E-state index contributed by atoms with van der Waals surface area (Å²) in [5.41, 5.74) is 7.49. The van der Waals surface area contributed by atoms with E-state index in [1.807, 2.05) is 24.3 Å². The van der Waals surface area contributed by atoms with Crippen molar-refractivity contribution in [3.63, 3.8) is 0 Å². The summed E-state index contributed by atoms with van der Waals surface area (Å²) in [6.45, 7) is 0. The van der Waals surface area contributed by atoms with Crippen molar-refractivity contribution in [2.45, 2.75) is 0 Å². The van der Waals surface area contributed by atoms with Crippen LogP contribution in [0.4, 0.5) is 5.82 Å². The Morgan fingerprint density at radius 1 is 1.19 bits per heavy atom. The maximum absolute atomic E-state index is 5.89. The van der Waals surface area contributed by atoms with E-state index in [9.17, 15) is 0 Å². The number of aromatic nitrogens is 4. The molecule has 80 valence electrons. The molecule has 2 aromatic heterocycles. The van der Waals surface area contributed by atoms with E-state index in [0.717, 1.165) is 11.0 Å². The molecule has 7 heteroatoms. The molecular weight excluding hydrogens is 208 g/mol. The Hall–Kier alpha value is -2.57. The number of nitrogens with zero attached hydrogens (tertiary/aromatic N) is 4. The molecule has 7 nitrogen and oxygen atoms in total. The molecule has 16 heavy (non-hydrogen) atoms. The molecule has 0 saturated carbocycles. The minimum absolute atomic E-state index is 0.169. The highest BCUT2D eigenvalue weighted by Gasteiger charge is 2.17. The average molecular weight is 216 g/mol. The van der Waals surface area contributed by atoms with E-state index >= 15 is 0 Å². The molecule has 0 fully saturated rings. The van der Waals surface area contributed by atoms with Crippen LogP contribution in [-0.2, 0) is 0 Å². The smallest absolute Gasteiger partial charge is 0.199 e. The summed E-state index contributed by atoms with van der Waals surface area (Å²) < 4.78 is 5.92. The molecule has 3 rings (SSSR count). The second kappa shape index (κ2) is 2.96. The van der Waals surface area contributed by atoms with E-state index in [0.29, 0.717) is 11.5 Å². The molecule has 0 unspecified atom stereocenters. The third-order valence-electron chi connectivity index (χ3n) is 2.32. The number of hydrogen-bond acceptors (Lipinski definition) is 6. The van der Waals surface area contributed by atoms with E-state index in [4.69, 9.17) is 11.6 Å². The second-order valence-corrected chi connectivity index (χ2v) is 3.29. The summed E-state index contributed by atoms with van der Waals surface area (Å²) in [4.78, 5) is 4.31. The zero-order valence-corrected chi connectivity index (χ0v) is 8.16. The molecule has 0 aliphatic rings. The fraction of sp³-hybridized carbons (Fsp3) is 0. The highest BCUT2D eigenvalue weighted by atomic mass is 16.6. The van der Waals surface area contributed by atoms with Crippen molar-refractivity contribution in [3.8, 4) is 11.5 Å². The van der Waals surface area contributed by atoms with Crippen LogP contribution >= 0.6 is 0 Å². The highest BCUT2D eigenvalue weighted by molar-refractivity contribution is 5.81. The Morgan fingerprint density at radius 2 is 2.00 bits per heavy atom. The Morgan fingerprint density at radius 3 is 2.69 bits per heavy atom. The van der Waals surface area contributed by atoms with Crippen molar-refractivity contribution < 1.29 is 4.63 Å². The molecule has 0 saturated heterocycles. The normalized spacial score (nSPS) is 11.0. The second-order valence-electron chi connectivity index (χ2n) is 3.29. The Labute approximate surface area is 89.6 Å². The van der Waals surface area contributed by atoms with E-state index < -0.39 is 0 Å². The Bertz CT molecular complexity index is 655. The predicted octanol–water partition coefficient (Wildman–Crippen LogP) is 0.382. The number of rotatable bonds is 1. The standard InChI is InChI=1S/C9H8N6O/c10-8-7(13-16-14-8)9-12-5-3-1-2-4-6(5)15(9)11/h1-4H,11H2,(H2,10,14). The van der Waals surface area contributed by atoms with Gasteiger partial charge in [0.25, 0.3) is 0 Å². The van der Waals surface area contributed by atoms with E-state index in [1.54, 1.807) is 0 Å². The van der Waals surface area contributed by atoms with Crippen LogP contribution in [0.5, 0.6) is 0 Å². The zero-order chi connectivity index (χ0) is 11.1. The third kappa shape index (κ3) is 1.05. The van der Waals surface area contributed by atoms with Gasteiger partial charge in [0.1, 0.15) is 0 Å². The minimum atomic E-state index is 0.169. The van der Waals surface area contributed by atoms with E-state index in [2.05, 4.69) is 19.9 Å². The zero-order valence-electron chi connectivity index (χ0n) is 8.16. The number of para-hydroxylation sites is 2. The number of nitrogen functional groups attached to an aromatic ring is 2. The van der Waals surface area contributed by atoms with Crippen LogP contribution in [-0.4, -0.2) is 20.0 Å². The molecule has 0 spiro atoms. The molecule has 1 aromatic carbocycles. The van der Waals surface area contributed by atoms with Crippen molar-refractivity contribution in [2.24, 2.45) is 0 Å². The van der Waals surface area contributed by atoms with Gasteiger partial charge in [0, 0.05) is 0 Å². The SMILES string of the molecule is Nc1nonc1-c1nc2ccccc2n1N. The maximum Gasteiger partial charge on any atom is 0.199 e. The molecule has 3 aromatic rings. The summed E-state index contributed by atoms with van der Waals surface area (Å²) in [6.07, 6.45) is 0. The first kappa shape index (κ1) is 8.72. The molecule has 2 heterocycles. The van der Waals surface area contributed by atoms with Crippen molar-refractivity contribution in [1.29, 1.82) is 0 Å². The molecule has 0 atom stereocenters. The lowest BCUT2D eigenvalue weighted by molar-refractivity contribution is 0.310. The summed E-state index contributed by atoms with van der Waals surface area (Å²) in [5.74, 6) is 6.49. The van der Waals surface area contributed by atoms with Gasteiger partial charge in [0.05, 0.1) is 11.0 Å². The molecule has 0 radical (unpaired) electrons. The fourth-order valence-corrected chi connectivity index (χ4v) is 1.56. The van der Waals surface area contributed by atoms with Crippen LogP contribution < -0.4 is 11.6 Å². The topological polar surface area (TPSA) is 109 Å². The largest absolute Gasteiger partial charge is 0.379 e. The summed E-state index contributed by atoms with van der Waals surface area (Å²) >= 11 is 0. The number of fused-ring (bicyclic) bond motifs is 1. The highest BCUT2D eigenvalue weighted by Crippen LogP contribution is 2.23. The lowest BCUT2D eigenvalue weighted by Crippen LogP contribution is -2.10. The summed E-state index contributed by atoms with van der Waals surface area (Å²) in [5, 5.41) is 7.15. The quantitative estimate of drug-likeness (QED) is 0.569. The van der Waals surface area contributed by atoms with Crippen molar-refractivity contribution in [3.05, 3.63) is 24.3 Å². The lowest BCUT2D eigenvalue weighted by Gasteiger charge is -1.97. The summed E-state index contributed by atoms with van der Waals surface area (Å²) in [6, 6.07) is 7.46. The third-order valence-corrected chi connectivity index (χ3v) is 2.32. The number of imidazole rings is 1. The summed E-state index contributed by atoms with van der Waals surface area (Å²) in [7, 11) is 0. The fourth-order valence-electron chi connectivity index (χ4n) is 1.56. The molecule has 0 aliphatic heterocycles. The maximum atomic E-state index is 5.89. The van der Waals surface area contributed by atoms with Crippen molar-refractivity contribution >= 4 is 16.9 Å². The van der Waals surface area contributed by atoms with Crippen LogP contribution in [0.2, 0.25) is 0 Å². The van der Waals surface area contributed by atoms with Crippen LogP contribution in [0.15, 0.2) is 28.9 Å². The first-order valence-corrected chi connectivity index (χ1v) is 4.58. The van der Waals surface area contributed by atoms with E-state index in [-0.39, 0.29) is 5.82 Å². The van der Waals surface area contributed by atoms with Gasteiger partial charge in [-0.1, -0.05) is 12.1 Å². The Kier molecular flexibility index (Phi) is 1.61. The monoisotopic (exact) mass is 216 g/mol. The van der Waals surface area contributed by atoms with Crippen LogP contribution in [0, 0.1) is 0 Å². The number of nitrogens with two attached hydrogens (primary N) is 2. The average Bonchev–Trinajstić information content (AvgIpc) is 2.84. The van der Waals surface area contributed by atoms with Gasteiger partial charge in [-0.25, -0.2) is 14.3 Å². The molecule has 0 aliphatic carbocycles. The van der Waals surface area contributed by atoms with Gasteiger partial charge < -0.3 is 11.6 Å². The Balaban J connectivity index is 2.33. The van der Waals surface area contributed by atoms with Gasteiger partial charge >= 0.3 is 0 Å².